The van der Waals surface area contributed by atoms with Crippen molar-refractivity contribution in [2.24, 2.45) is 0 Å². The fourth-order valence-electron chi connectivity index (χ4n) is 3.66. The minimum atomic E-state index is -3.64. The van der Waals surface area contributed by atoms with Gasteiger partial charge >= 0.3 is 6.09 Å². The lowest BCUT2D eigenvalue weighted by Gasteiger charge is -2.32. The molecule has 2 aromatic rings. The van der Waals surface area contributed by atoms with Crippen molar-refractivity contribution in [3.8, 4) is 0 Å². The number of hydrogen-bond donors (Lipinski definition) is 2. The van der Waals surface area contributed by atoms with Gasteiger partial charge in [-0.05, 0) is 83.0 Å². The number of ether oxygens (including phenoxy) is 1. The Bertz CT molecular complexity index is 1160. The maximum Gasteiger partial charge on any atom is 0.412 e. The number of sulfonamides is 1. The maximum atomic E-state index is 14.1. The van der Waals surface area contributed by atoms with E-state index in [-0.39, 0.29) is 27.9 Å². The van der Waals surface area contributed by atoms with Gasteiger partial charge in [-0.25, -0.2) is 17.6 Å². The van der Waals surface area contributed by atoms with Crippen LogP contribution in [0.5, 0.6) is 0 Å². The molecule has 1 unspecified atom stereocenters. The second-order valence-corrected chi connectivity index (χ2v) is 11.2. The average Bonchev–Trinajstić information content (AvgIpc) is 2.75. The molecule has 0 radical (unpaired) electrons. The summed E-state index contributed by atoms with van der Waals surface area (Å²) < 4.78 is 46.7. The van der Waals surface area contributed by atoms with Crippen molar-refractivity contribution in [3.05, 3.63) is 53.8 Å². The van der Waals surface area contributed by atoms with E-state index in [1.165, 1.54) is 40.7 Å². The average molecular weight is 492 g/mol. The largest absolute Gasteiger partial charge is 0.444 e. The number of amides is 2. The molecule has 1 aliphatic heterocycles. The van der Waals surface area contributed by atoms with Crippen molar-refractivity contribution in [3.63, 3.8) is 0 Å². The van der Waals surface area contributed by atoms with Gasteiger partial charge in [-0.15, -0.1) is 0 Å². The molecule has 184 valence electrons. The normalized spacial score (nSPS) is 17.1. The highest BCUT2D eigenvalue weighted by Gasteiger charge is 2.31. The number of nitrogens with one attached hydrogen (secondary N) is 2. The number of piperidine rings is 1. The van der Waals surface area contributed by atoms with Crippen molar-refractivity contribution in [1.29, 1.82) is 0 Å². The minimum absolute atomic E-state index is 0.0660. The SMILES string of the molecule is CC1CCCCN1S(=O)(=O)c1ccc(C(=O)Nc2ccc(F)c(NC(=O)OC(C)(C)C)c2)cc1. The Morgan fingerprint density at radius 3 is 2.35 bits per heavy atom. The summed E-state index contributed by atoms with van der Waals surface area (Å²) in [6, 6.07) is 9.34. The van der Waals surface area contributed by atoms with Gasteiger partial charge in [0, 0.05) is 23.8 Å². The summed E-state index contributed by atoms with van der Waals surface area (Å²) in [6.07, 6.45) is 1.83. The number of carbonyl (C=O) groups is 2. The highest BCUT2D eigenvalue weighted by molar-refractivity contribution is 7.89. The molecule has 2 amide bonds. The van der Waals surface area contributed by atoms with Crippen LogP contribution in [0.2, 0.25) is 0 Å². The van der Waals surface area contributed by atoms with E-state index in [0.29, 0.717) is 6.54 Å². The Morgan fingerprint density at radius 2 is 1.74 bits per heavy atom. The van der Waals surface area contributed by atoms with E-state index in [4.69, 9.17) is 4.74 Å². The third-order valence-electron chi connectivity index (χ3n) is 5.32. The fraction of sp³-hybridized carbons (Fsp3) is 0.417. The summed E-state index contributed by atoms with van der Waals surface area (Å²) in [6.45, 7) is 7.43. The molecule has 10 heteroatoms. The Balaban J connectivity index is 1.71. The molecule has 0 aliphatic carbocycles. The van der Waals surface area contributed by atoms with Crippen LogP contribution in [-0.4, -0.2) is 42.9 Å². The molecule has 8 nitrogen and oxygen atoms in total. The maximum absolute atomic E-state index is 14.1. The summed E-state index contributed by atoms with van der Waals surface area (Å²) in [5, 5.41) is 4.94. The molecule has 34 heavy (non-hydrogen) atoms. The molecule has 1 fully saturated rings. The van der Waals surface area contributed by atoms with E-state index >= 15 is 0 Å². The lowest BCUT2D eigenvalue weighted by Crippen LogP contribution is -2.41. The third kappa shape index (κ3) is 6.32. The lowest BCUT2D eigenvalue weighted by molar-refractivity contribution is 0.0635. The standard InChI is InChI=1S/C24H30FN3O5S/c1-16-7-5-6-14-28(16)34(31,32)19-11-8-17(9-12-19)22(29)26-18-10-13-20(25)21(15-18)27-23(30)33-24(2,3)4/h8-13,15-16H,5-7,14H2,1-4H3,(H,26,29)(H,27,30). The lowest BCUT2D eigenvalue weighted by atomic mass is 10.1. The van der Waals surface area contributed by atoms with Gasteiger partial charge in [0.1, 0.15) is 11.4 Å². The van der Waals surface area contributed by atoms with Crippen LogP contribution < -0.4 is 10.6 Å². The molecular weight excluding hydrogens is 461 g/mol. The Kier molecular flexibility index (Phi) is 7.62. The number of hydrogen-bond acceptors (Lipinski definition) is 5. The first kappa shape index (κ1) is 25.6. The Hall–Kier alpha value is -2.98. The first-order valence-electron chi connectivity index (χ1n) is 11.1. The van der Waals surface area contributed by atoms with Crippen molar-refractivity contribution < 1.29 is 27.1 Å². The van der Waals surface area contributed by atoms with Gasteiger partial charge in [-0.1, -0.05) is 6.42 Å². The number of benzene rings is 2. The molecular formula is C24H30FN3O5S. The zero-order valence-corrected chi connectivity index (χ0v) is 20.5. The Labute approximate surface area is 199 Å². The molecule has 2 N–H and O–H groups in total. The predicted octanol–water partition coefficient (Wildman–Crippen LogP) is 4.99. The van der Waals surface area contributed by atoms with E-state index in [1.54, 1.807) is 20.8 Å². The summed E-state index contributed by atoms with van der Waals surface area (Å²) in [4.78, 5) is 24.7. The second-order valence-electron chi connectivity index (χ2n) is 9.26. The van der Waals surface area contributed by atoms with Crippen molar-refractivity contribution >= 4 is 33.4 Å². The molecule has 2 aromatic carbocycles. The molecule has 0 saturated carbocycles. The van der Waals surface area contributed by atoms with Crippen molar-refractivity contribution in [2.45, 2.75) is 63.5 Å². The van der Waals surface area contributed by atoms with E-state index in [0.717, 1.165) is 25.3 Å². The Morgan fingerprint density at radius 1 is 1.06 bits per heavy atom. The molecule has 0 spiro atoms. The van der Waals surface area contributed by atoms with Gasteiger partial charge in [-0.3, -0.25) is 10.1 Å². The van der Waals surface area contributed by atoms with Crippen LogP contribution in [0.25, 0.3) is 0 Å². The van der Waals surface area contributed by atoms with Gasteiger partial charge in [0.15, 0.2) is 0 Å². The molecule has 1 saturated heterocycles. The van der Waals surface area contributed by atoms with Gasteiger partial charge in [-0.2, -0.15) is 4.31 Å². The third-order valence-corrected chi connectivity index (χ3v) is 7.35. The van der Waals surface area contributed by atoms with E-state index in [1.807, 2.05) is 6.92 Å². The molecule has 1 atom stereocenters. The fourth-order valence-corrected chi connectivity index (χ4v) is 5.36. The monoisotopic (exact) mass is 491 g/mol. The van der Waals surface area contributed by atoms with Crippen LogP contribution in [-0.2, 0) is 14.8 Å². The number of nitrogens with zero attached hydrogens (tertiary/aromatic N) is 1. The summed E-state index contributed by atoms with van der Waals surface area (Å²) in [5.41, 5.74) is -0.421. The molecule has 1 heterocycles. The van der Waals surface area contributed by atoms with Crippen LogP contribution in [0.15, 0.2) is 47.4 Å². The quantitative estimate of drug-likeness (QED) is 0.613. The summed E-state index contributed by atoms with van der Waals surface area (Å²) >= 11 is 0. The molecule has 1 aliphatic rings. The van der Waals surface area contributed by atoms with Gasteiger partial charge in [0.25, 0.3) is 5.91 Å². The minimum Gasteiger partial charge on any atom is -0.444 e. The van der Waals surface area contributed by atoms with Gasteiger partial charge < -0.3 is 10.1 Å². The van der Waals surface area contributed by atoms with Crippen molar-refractivity contribution in [1.82, 2.24) is 4.31 Å². The molecule has 0 bridgehead atoms. The summed E-state index contributed by atoms with van der Waals surface area (Å²) in [7, 11) is -3.64. The van der Waals surface area contributed by atoms with Crippen LogP contribution >= 0.6 is 0 Å². The van der Waals surface area contributed by atoms with Gasteiger partial charge in [0.05, 0.1) is 10.6 Å². The number of carbonyl (C=O) groups excluding carboxylic acids is 2. The smallest absolute Gasteiger partial charge is 0.412 e. The van der Waals surface area contributed by atoms with Gasteiger partial charge in [0.2, 0.25) is 10.0 Å². The van der Waals surface area contributed by atoms with E-state index < -0.39 is 33.4 Å². The number of rotatable bonds is 5. The van der Waals surface area contributed by atoms with Crippen molar-refractivity contribution in [2.75, 3.05) is 17.2 Å². The zero-order chi connectivity index (χ0) is 25.1. The topological polar surface area (TPSA) is 105 Å². The van der Waals surface area contributed by atoms with Crippen LogP contribution in [0.1, 0.15) is 57.3 Å². The van der Waals surface area contributed by atoms with Crippen LogP contribution in [0.3, 0.4) is 0 Å². The zero-order valence-electron chi connectivity index (χ0n) is 19.7. The van der Waals surface area contributed by atoms with E-state index in [9.17, 15) is 22.4 Å². The predicted molar refractivity (Wildman–Crippen MR) is 128 cm³/mol. The first-order valence-corrected chi connectivity index (χ1v) is 12.5. The highest BCUT2D eigenvalue weighted by atomic mass is 32.2. The first-order chi connectivity index (χ1) is 15.9. The molecule has 0 aromatic heterocycles. The highest BCUT2D eigenvalue weighted by Crippen LogP contribution is 2.26. The van der Waals surface area contributed by atoms with E-state index in [2.05, 4.69) is 10.6 Å². The molecule has 3 rings (SSSR count). The van der Waals surface area contributed by atoms with Crippen LogP contribution in [0.4, 0.5) is 20.6 Å². The number of halogens is 1. The second kappa shape index (κ2) is 10.1. The number of anilines is 2. The summed E-state index contributed by atoms with van der Waals surface area (Å²) in [5.74, 6) is -1.20. The van der Waals surface area contributed by atoms with Crippen LogP contribution in [0, 0.1) is 5.82 Å².